The predicted octanol–water partition coefficient (Wildman–Crippen LogP) is 1.92. The second-order valence-electron chi connectivity index (χ2n) is 4.62. The molecule has 1 rings (SSSR count). The van der Waals surface area contributed by atoms with E-state index in [0.717, 1.165) is 25.2 Å². The molecule has 1 amide bonds. The highest BCUT2D eigenvalue weighted by molar-refractivity contribution is 5.85. The van der Waals surface area contributed by atoms with Gasteiger partial charge in [-0.15, -0.1) is 24.8 Å². The van der Waals surface area contributed by atoms with Crippen LogP contribution in [-0.2, 0) is 11.3 Å². The van der Waals surface area contributed by atoms with Crippen LogP contribution in [0.25, 0.3) is 0 Å². The molecular weight excluding hydrogens is 299 g/mol. The second-order valence-corrected chi connectivity index (χ2v) is 4.62. The zero-order valence-corrected chi connectivity index (χ0v) is 14.0. The van der Waals surface area contributed by atoms with Gasteiger partial charge in [0.2, 0.25) is 5.91 Å². The molecule has 0 spiro atoms. The van der Waals surface area contributed by atoms with Gasteiger partial charge in [-0.3, -0.25) is 4.79 Å². The predicted molar refractivity (Wildman–Crippen MR) is 86.5 cm³/mol. The summed E-state index contributed by atoms with van der Waals surface area (Å²) < 4.78 is 2.02. The molecule has 0 aromatic carbocycles. The summed E-state index contributed by atoms with van der Waals surface area (Å²) in [7, 11) is 0. The average molecular weight is 325 g/mol. The van der Waals surface area contributed by atoms with Gasteiger partial charge in [-0.2, -0.15) is 0 Å². The molecule has 5 nitrogen and oxygen atoms in total. The van der Waals surface area contributed by atoms with Crippen LogP contribution in [0.5, 0.6) is 0 Å². The van der Waals surface area contributed by atoms with E-state index in [-0.39, 0.29) is 30.7 Å². The van der Waals surface area contributed by atoms with Crippen LogP contribution in [0.2, 0.25) is 0 Å². The first kappa shape index (κ1) is 21.5. The van der Waals surface area contributed by atoms with Crippen molar-refractivity contribution in [1.29, 1.82) is 0 Å². The topological polar surface area (TPSA) is 72.9 Å². The van der Waals surface area contributed by atoms with Crippen molar-refractivity contribution in [2.45, 2.75) is 40.2 Å². The lowest BCUT2D eigenvalue weighted by atomic mass is 9.81. The first-order valence-corrected chi connectivity index (χ1v) is 6.55. The highest BCUT2D eigenvalue weighted by Crippen LogP contribution is 2.24. The summed E-state index contributed by atoms with van der Waals surface area (Å²) in [6.07, 6.45) is 5.22. The maximum atomic E-state index is 12.2. The summed E-state index contributed by atoms with van der Waals surface area (Å²) in [5.74, 6) is 1.02. The fourth-order valence-electron chi connectivity index (χ4n) is 2.07. The van der Waals surface area contributed by atoms with Crippen molar-refractivity contribution in [3.05, 3.63) is 18.2 Å². The van der Waals surface area contributed by atoms with Crippen molar-refractivity contribution in [2.24, 2.45) is 11.1 Å². The van der Waals surface area contributed by atoms with Gasteiger partial charge in [0.25, 0.3) is 0 Å². The molecule has 0 aliphatic heterocycles. The Morgan fingerprint density at radius 2 is 2.00 bits per heavy atom. The lowest BCUT2D eigenvalue weighted by Crippen LogP contribution is -2.46. The number of halogens is 2. The third-order valence-corrected chi connectivity index (χ3v) is 3.79. The van der Waals surface area contributed by atoms with Crippen molar-refractivity contribution in [3.63, 3.8) is 0 Å². The van der Waals surface area contributed by atoms with Crippen LogP contribution < -0.4 is 11.1 Å². The number of hydrogen-bond donors (Lipinski definition) is 2. The third-order valence-electron chi connectivity index (χ3n) is 3.79. The maximum Gasteiger partial charge on any atom is 0.227 e. The Hall–Kier alpha value is -0.780. The van der Waals surface area contributed by atoms with E-state index < -0.39 is 5.41 Å². The Bertz CT molecular complexity index is 383. The molecule has 0 aliphatic carbocycles. The van der Waals surface area contributed by atoms with E-state index in [1.165, 1.54) is 0 Å². The third kappa shape index (κ3) is 4.96. The number of nitrogens with zero attached hydrogens (tertiary/aromatic N) is 2. The van der Waals surface area contributed by atoms with E-state index in [1.807, 2.05) is 31.5 Å². The largest absolute Gasteiger partial charge is 0.354 e. The second kappa shape index (κ2) is 10.0. The molecule has 0 unspecified atom stereocenters. The molecule has 0 saturated heterocycles. The van der Waals surface area contributed by atoms with Gasteiger partial charge in [-0.25, -0.2) is 4.98 Å². The van der Waals surface area contributed by atoms with Gasteiger partial charge < -0.3 is 15.6 Å². The van der Waals surface area contributed by atoms with Crippen molar-refractivity contribution in [3.8, 4) is 0 Å². The van der Waals surface area contributed by atoms with E-state index in [0.29, 0.717) is 13.1 Å². The fourth-order valence-corrected chi connectivity index (χ4v) is 2.07. The number of amides is 1. The van der Waals surface area contributed by atoms with Gasteiger partial charge in [-0.05, 0) is 19.8 Å². The molecule has 1 aromatic rings. The molecule has 3 N–H and O–H groups in total. The summed E-state index contributed by atoms with van der Waals surface area (Å²) in [5, 5.41) is 2.97. The van der Waals surface area contributed by atoms with Crippen LogP contribution in [-0.4, -0.2) is 28.5 Å². The maximum absolute atomic E-state index is 12.2. The molecule has 0 bridgehead atoms. The van der Waals surface area contributed by atoms with Crippen LogP contribution in [0.1, 0.15) is 32.5 Å². The van der Waals surface area contributed by atoms with Gasteiger partial charge >= 0.3 is 0 Å². The van der Waals surface area contributed by atoms with Crippen molar-refractivity contribution >= 4 is 30.7 Å². The Kier molecular flexibility index (Phi) is 10.8. The number of nitrogens with one attached hydrogen (secondary N) is 1. The first-order valence-electron chi connectivity index (χ1n) is 6.55. The standard InChI is InChI=1S/C13H24N4O.2ClH/c1-4-13(5-2,10-14)12(18)16-7-9-17-8-6-15-11(17)3;;/h6,8H,4-5,7,9-10,14H2,1-3H3,(H,16,18);2*1H. The Balaban J connectivity index is 0. The highest BCUT2D eigenvalue weighted by atomic mass is 35.5. The van der Waals surface area contributed by atoms with Gasteiger partial charge in [0, 0.05) is 32.0 Å². The van der Waals surface area contributed by atoms with Crippen LogP contribution in [0.15, 0.2) is 12.4 Å². The lowest BCUT2D eigenvalue weighted by molar-refractivity contribution is -0.131. The fraction of sp³-hybridized carbons (Fsp3) is 0.692. The normalized spacial score (nSPS) is 10.4. The molecule has 0 saturated carbocycles. The monoisotopic (exact) mass is 324 g/mol. The SMILES string of the molecule is CCC(CC)(CN)C(=O)NCCn1ccnc1C.Cl.Cl. The average Bonchev–Trinajstić information content (AvgIpc) is 2.78. The molecule has 0 aliphatic rings. The number of carbonyl (C=O) groups is 1. The molecule has 7 heteroatoms. The minimum absolute atomic E-state index is 0. The quantitative estimate of drug-likeness (QED) is 0.804. The summed E-state index contributed by atoms with van der Waals surface area (Å²) >= 11 is 0. The van der Waals surface area contributed by atoms with Gasteiger partial charge in [0.05, 0.1) is 5.41 Å². The lowest BCUT2D eigenvalue weighted by Gasteiger charge is -2.28. The number of aromatic nitrogens is 2. The van der Waals surface area contributed by atoms with Crippen LogP contribution in [0, 0.1) is 12.3 Å². The van der Waals surface area contributed by atoms with Crippen LogP contribution >= 0.6 is 24.8 Å². The van der Waals surface area contributed by atoms with Crippen LogP contribution in [0.3, 0.4) is 0 Å². The summed E-state index contributed by atoms with van der Waals surface area (Å²) in [4.78, 5) is 16.3. The molecule has 118 valence electrons. The van der Waals surface area contributed by atoms with Gasteiger partial charge in [-0.1, -0.05) is 13.8 Å². The zero-order valence-electron chi connectivity index (χ0n) is 12.4. The number of imidazole rings is 1. The van der Waals surface area contributed by atoms with E-state index in [4.69, 9.17) is 5.73 Å². The molecule has 0 atom stereocenters. The minimum atomic E-state index is -0.413. The van der Waals surface area contributed by atoms with Gasteiger partial charge in [0.1, 0.15) is 5.82 Å². The molecule has 1 heterocycles. The van der Waals surface area contributed by atoms with Crippen LogP contribution in [0.4, 0.5) is 0 Å². The number of nitrogens with two attached hydrogens (primary N) is 1. The Labute approximate surface area is 133 Å². The van der Waals surface area contributed by atoms with E-state index in [9.17, 15) is 4.79 Å². The Morgan fingerprint density at radius 3 is 2.40 bits per heavy atom. The van der Waals surface area contributed by atoms with Gasteiger partial charge in [0.15, 0.2) is 0 Å². The number of hydrogen-bond acceptors (Lipinski definition) is 3. The van der Waals surface area contributed by atoms with Crippen molar-refractivity contribution < 1.29 is 4.79 Å². The summed E-state index contributed by atoms with van der Waals surface area (Å²) in [5.41, 5.74) is 5.33. The zero-order chi connectivity index (χ0) is 13.6. The highest BCUT2D eigenvalue weighted by Gasteiger charge is 2.32. The summed E-state index contributed by atoms with van der Waals surface area (Å²) in [6, 6.07) is 0. The molecule has 1 aromatic heterocycles. The Morgan fingerprint density at radius 1 is 1.40 bits per heavy atom. The number of rotatable bonds is 7. The minimum Gasteiger partial charge on any atom is -0.354 e. The van der Waals surface area contributed by atoms with E-state index >= 15 is 0 Å². The molecule has 20 heavy (non-hydrogen) atoms. The molecule has 0 radical (unpaired) electrons. The number of aryl methyl sites for hydroxylation is 1. The first-order chi connectivity index (χ1) is 8.59. The summed E-state index contributed by atoms with van der Waals surface area (Å²) in [6.45, 7) is 7.72. The molecule has 0 fully saturated rings. The smallest absolute Gasteiger partial charge is 0.227 e. The van der Waals surface area contributed by atoms with Crippen molar-refractivity contribution in [2.75, 3.05) is 13.1 Å². The molecular formula is C13H26Cl2N4O. The van der Waals surface area contributed by atoms with Crippen molar-refractivity contribution in [1.82, 2.24) is 14.9 Å². The van der Waals surface area contributed by atoms with E-state index in [1.54, 1.807) is 6.20 Å². The van der Waals surface area contributed by atoms with E-state index in [2.05, 4.69) is 10.3 Å². The number of carbonyl (C=O) groups excluding carboxylic acids is 1.